The van der Waals surface area contributed by atoms with Crippen LogP contribution in [0.15, 0.2) is 52.5 Å². The van der Waals surface area contributed by atoms with Crippen LogP contribution in [0.5, 0.6) is 0 Å². The van der Waals surface area contributed by atoms with Gasteiger partial charge in [0.25, 0.3) is 5.91 Å². The van der Waals surface area contributed by atoms with E-state index in [1.54, 1.807) is 40.8 Å². The van der Waals surface area contributed by atoms with Gasteiger partial charge >= 0.3 is 0 Å². The molecule has 0 fully saturated rings. The third-order valence-corrected chi connectivity index (χ3v) is 4.30. The predicted octanol–water partition coefficient (Wildman–Crippen LogP) is 4.20. The van der Waals surface area contributed by atoms with Crippen LogP contribution >= 0.6 is 11.3 Å². The Balaban J connectivity index is 1.81. The molecule has 6 heteroatoms. The summed E-state index contributed by atoms with van der Waals surface area (Å²) in [5, 5.41) is 2.16. The molecule has 0 aliphatic heterocycles. The number of rotatable bonds is 5. The first kappa shape index (κ1) is 15.4. The Hall–Kier alpha value is -2.47. The molecule has 0 atom stereocenters. The summed E-state index contributed by atoms with van der Waals surface area (Å²) in [6.45, 7) is 2.81. The summed E-state index contributed by atoms with van der Waals surface area (Å²) in [7, 11) is 0. The maximum Gasteiger partial charge on any atom is 0.273 e. The van der Waals surface area contributed by atoms with Crippen molar-refractivity contribution in [1.29, 1.82) is 0 Å². The molecule has 1 amide bonds. The molecule has 0 aliphatic rings. The van der Waals surface area contributed by atoms with Gasteiger partial charge in [0.1, 0.15) is 22.3 Å². The fraction of sp³-hybridized carbons (Fsp3) is 0.176. The molecule has 0 N–H and O–H groups in total. The van der Waals surface area contributed by atoms with Crippen LogP contribution in [-0.4, -0.2) is 22.3 Å². The lowest BCUT2D eigenvalue weighted by molar-refractivity contribution is 0.0736. The van der Waals surface area contributed by atoms with Crippen LogP contribution in [-0.2, 0) is 6.54 Å². The van der Waals surface area contributed by atoms with Crippen molar-refractivity contribution < 1.29 is 13.6 Å². The molecule has 2 aromatic heterocycles. The Morgan fingerprint density at radius 1 is 1.30 bits per heavy atom. The van der Waals surface area contributed by atoms with Crippen LogP contribution in [0.2, 0.25) is 0 Å². The average molecular weight is 330 g/mol. The fourth-order valence-electron chi connectivity index (χ4n) is 2.21. The summed E-state index contributed by atoms with van der Waals surface area (Å²) in [5.41, 5.74) is 0.729. The largest absolute Gasteiger partial charge is 0.467 e. The Kier molecular flexibility index (Phi) is 4.52. The van der Waals surface area contributed by atoms with Gasteiger partial charge in [-0.25, -0.2) is 9.37 Å². The third-order valence-electron chi connectivity index (χ3n) is 3.42. The smallest absolute Gasteiger partial charge is 0.273 e. The number of benzene rings is 1. The van der Waals surface area contributed by atoms with E-state index < -0.39 is 0 Å². The number of amides is 1. The summed E-state index contributed by atoms with van der Waals surface area (Å²) >= 11 is 1.26. The van der Waals surface area contributed by atoms with Gasteiger partial charge in [0.15, 0.2) is 0 Å². The lowest BCUT2D eigenvalue weighted by Gasteiger charge is -2.18. The van der Waals surface area contributed by atoms with Crippen LogP contribution in [0, 0.1) is 5.82 Å². The van der Waals surface area contributed by atoms with Crippen molar-refractivity contribution in [3.8, 4) is 10.6 Å². The maximum atomic E-state index is 13.8. The van der Waals surface area contributed by atoms with Crippen LogP contribution in [0.25, 0.3) is 10.6 Å². The molecule has 118 valence electrons. The van der Waals surface area contributed by atoms with Gasteiger partial charge in [-0.1, -0.05) is 12.1 Å². The molecular weight excluding hydrogens is 315 g/mol. The molecule has 0 aliphatic carbocycles. The Morgan fingerprint density at radius 2 is 2.13 bits per heavy atom. The van der Waals surface area contributed by atoms with E-state index in [4.69, 9.17) is 4.42 Å². The van der Waals surface area contributed by atoms with Gasteiger partial charge in [0.2, 0.25) is 0 Å². The number of carbonyl (C=O) groups excluding carboxylic acids is 1. The second-order valence-electron chi connectivity index (χ2n) is 4.92. The lowest BCUT2D eigenvalue weighted by Crippen LogP contribution is -2.30. The fourth-order valence-corrected chi connectivity index (χ4v) is 3.03. The Morgan fingerprint density at radius 3 is 2.83 bits per heavy atom. The van der Waals surface area contributed by atoms with Crippen molar-refractivity contribution in [1.82, 2.24) is 9.88 Å². The van der Waals surface area contributed by atoms with Gasteiger partial charge in [-0.2, -0.15) is 0 Å². The van der Waals surface area contributed by atoms with E-state index in [1.165, 1.54) is 17.4 Å². The number of thiazole rings is 1. The summed E-state index contributed by atoms with van der Waals surface area (Å²) in [5.74, 6) is 0.177. The number of aromatic nitrogens is 1. The number of nitrogens with zero attached hydrogens (tertiary/aromatic N) is 2. The van der Waals surface area contributed by atoms with Crippen molar-refractivity contribution in [2.75, 3.05) is 6.54 Å². The number of halogens is 1. The first-order valence-corrected chi connectivity index (χ1v) is 8.09. The molecule has 23 heavy (non-hydrogen) atoms. The van der Waals surface area contributed by atoms with E-state index in [-0.39, 0.29) is 11.7 Å². The molecule has 0 radical (unpaired) electrons. The molecule has 2 heterocycles. The lowest BCUT2D eigenvalue weighted by atomic mass is 10.2. The molecule has 3 aromatic rings. The highest BCUT2D eigenvalue weighted by molar-refractivity contribution is 7.13. The first-order valence-electron chi connectivity index (χ1n) is 7.21. The molecule has 0 bridgehead atoms. The van der Waals surface area contributed by atoms with E-state index in [1.807, 2.05) is 13.0 Å². The third kappa shape index (κ3) is 3.32. The van der Waals surface area contributed by atoms with Crippen LogP contribution < -0.4 is 0 Å². The summed E-state index contributed by atoms with van der Waals surface area (Å²) < 4.78 is 19.1. The molecule has 0 saturated carbocycles. The number of furan rings is 1. The van der Waals surface area contributed by atoms with Crippen molar-refractivity contribution in [2.45, 2.75) is 13.5 Å². The van der Waals surface area contributed by atoms with E-state index >= 15 is 0 Å². The molecule has 0 spiro atoms. The van der Waals surface area contributed by atoms with E-state index in [2.05, 4.69) is 4.98 Å². The van der Waals surface area contributed by atoms with Crippen molar-refractivity contribution in [3.05, 3.63) is 65.3 Å². The second kappa shape index (κ2) is 6.75. The SMILES string of the molecule is CCN(Cc1ccco1)C(=O)c1csc(-c2ccccc2F)n1. The standard InChI is InChI=1S/C17H15FN2O2S/c1-2-20(10-12-6-5-9-22-12)17(21)15-11-23-16(19-15)13-7-3-4-8-14(13)18/h3-9,11H,2,10H2,1H3. The highest BCUT2D eigenvalue weighted by Gasteiger charge is 2.19. The van der Waals surface area contributed by atoms with Crippen LogP contribution in [0.4, 0.5) is 4.39 Å². The number of hydrogen-bond donors (Lipinski definition) is 0. The van der Waals surface area contributed by atoms with E-state index in [9.17, 15) is 9.18 Å². The minimum Gasteiger partial charge on any atom is -0.467 e. The summed E-state index contributed by atoms with van der Waals surface area (Å²) in [6, 6.07) is 10.0. The highest BCUT2D eigenvalue weighted by Crippen LogP contribution is 2.26. The zero-order valence-corrected chi connectivity index (χ0v) is 13.3. The van der Waals surface area contributed by atoms with Crippen LogP contribution in [0.1, 0.15) is 23.2 Å². The van der Waals surface area contributed by atoms with Gasteiger partial charge in [-0.15, -0.1) is 11.3 Å². The van der Waals surface area contributed by atoms with Crippen molar-refractivity contribution >= 4 is 17.2 Å². The minimum atomic E-state index is -0.344. The van der Waals surface area contributed by atoms with Gasteiger partial charge in [0, 0.05) is 17.5 Å². The van der Waals surface area contributed by atoms with Gasteiger partial charge in [0.05, 0.1) is 12.8 Å². The molecule has 4 nitrogen and oxygen atoms in total. The maximum absolute atomic E-state index is 13.8. The van der Waals surface area contributed by atoms with Gasteiger partial charge in [-0.05, 0) is 31.2 Å². The first-order chi connectivity index (χ1) is 11.2. The second-order valence-corrected chi connectivity index (χ2v) is 5.77. The van der Waals surface area contributed by atoms with E-state index in [0.29, 0.717) is 35.1 Å². The van der Waals surface area contributed by atoms with E-state index in [0.717, 1.165) is 0 Å². The average Bonchev–Trinajstić information content (AvgIpc) is 3.24. The Bertz CT molecular complexity index is 799. The molecule has 0 unspecified atom stereocenters. The van der Waals surface area contributed by atoms with Gasteiger partial charge in [-0.3, -0.25) is 4.79 Å². The predicted molar refractivity (Wildman–Crippen MR) is 86.6 cm³/mol. The molecular formula is C17H15FN2O2S. The zero-order chi connectivity index (χ0) is 16.2. The van der Waals surface area contributed by atoms with Crippen molar-refractivity contribution in [3.63, 3.8) is 0 Å². The monoisotopic (exact) mass is 330 g/mol. The molecule has 3 rings (SSSR count). The normalized spacial score (nSPS) is 10.7. The Labute approximate surface area is 137 Å². The summed E-state index contributed by atoms with van der Waals surface area (Å²) in [6.07, 6.45) is 1.58. The molecule has 1 aromatic carbocycles. The zero-order valence-electron chi connectivity index (χ0n) is 12.5. The summed E-state index contributed by atoms with van der Waals surface area (Å²) in [4.78, 5) is 18.5. The molecule has 0 saturated heterocycles. The minimum absolute atomic E-state index is 0.192. The number of carbonyl (C=O) groups is 1. The van der Waals surface area contributed by atoms with Crippen molar-refractivity contribution in [2.24, 2.45) is 0 Å². The number of hydrogen-bond acceptors (Lipinski definition) is 4. The topological polar surface area (TPSA) is 46.3 Å². The van der Waals surface area contributed by atoms with Crippen LogP contribution in [0.3, 0.4) is 0 Å². The quantitative estimate of drug-likeness (QED) is 0.704. The highest BCUT2D eigenvalue weighted by atomic mass is 32.1. The van der Waals surface area contributed by atoms with Gasteiger partial charge < -0.3 is 9.32 Å².